The molecule has 5 nitrogen and oxygen atoms in total. The van der Waals surface area contributed by atoms with Gasteiger partial charge >= 0.3 is 5.97 Å². The van der Waals surface area contributed by atoms with Gasteiger partial charge in [-0.3, -0.25) is 4.79 Å². The summed E-state index contributed by atoms with van der Waals surface area (Å²) in [5.74, 6) is -1.00. The predicted octanol–water partition coefficient (Wildman–Crippen LogP) is 2.79. The van der Waals surface area contributed by atoms with Gasteiger partial charge in [0.1, 0.15) is 5.69 Å². The Morgan fingerprint density at radius 3 is 2.58 bits per heavy atom. The molecule has 1 amide bonds. The second-order valence-electron chi connectivity index (χ2n) is 5.75. The second kappa shape index (κ2) is 5.82. The summed E-state index contributed by atoms with van der Waals surface area (Å²) in [6.45, 7) is 8.27. The Balaban J connectivity index is 2.67. The molecule has 0 aliphatic carbocycles. The van der Waals surface area contributed by atoms with E-state index in [0.29, 0.717) is 12.1 Å². The van der Waals surface area contributed by atoms with Crippen LogP contribution in [-0.4, -0.2) is 22.0 Å². The predicted molar refractivity (Wildman–Crippen MR) is 73.1 cm³/mol. The molecule has 0 aliphatic heterocycles. The smallest absolute Gasteiger partial charge is 0.354 e. The molecule has 2 N–H and O–H groups in total. The van der Waals surface area contributed by atoms with Gasteiger partial charge in [0, 0.05) is 18.3 Å². The number of hydrogen-bond acceptors (Lipinski definition) is 3. The average molecular weight is 264 g/mol. The number of carboxylic acids is 1. The summed E-state index contributed by atoms with van der Waals surface area (Å²) in [6.07, 6.45) is 1.76. The minimum absolute atomic E-state index is 0.0573. The number of hydrogen-bond donors (Lipinski definition) is 2. The number of nitrogens with zero attached hydrogens (tertiary/aromatic N) is 1. The molecule has 1 rings (SSSR count). The maximum atomic E-state index is 11.9. The van der Waals surface area contributed by atoms with Gasteiger partial charge < -0.3 is 10.4 Å². The number of anilines is 1. The van der Waals surface area contributed by atoms with Crippen molar-refractivity contribution in [1.29, 1.82) is 0 Å². The number of nitrogens with one attached hydrogen (secondary N) is 1. The number of amides is 1. The van der Waals surface area contributed by atoms with Crippen molar-refractivity contribution in [2.24, 2.45) is 11.3 Å². The van der Waals surface area contributed by atoms with E-state index in [0.717, 1.165) is 0 Å². The summed E-state index contributed by atoms with van der Waals surface area (Å²) in [5, 5.41) is 11.5. The van der Waals surface area contributed by atoms with Gasteiger partial charge in [-0.25, -0.2) is 9.78 Å². The molecule has 0 saturated carbocycles. The van der Waals surface area contributed by atoms with Gasteiger partial charge in [-0.2, -0.15) is 0 Å². The van der Waals surface area contributed by atoms with Crippen LogP contribution in [0.25, 0.3) is 0 Å². The molecule has 5 heteroatoms. The van der Waals surface area contributed by atoms with Gasteiger partial charge in [0.05, 0.1) is 0 Å². The number of pyridine rings is 1. The fourth-order valence-electron chi connectivity index (χ4n) is 1.42. The minimum atomic E-state index is -1.11. The highest BCUT2D eigenvalue weighted by molar-refractivity contribution is 5.93. The molecular weight excluding hydrogens is 244 g/mol. The number of rotatable bonds is 4. The molecule has 19 heavy (non-hydrogen) atoms. The normalized spacial score (nSPS) is 12.8. The van der Waals surface area contributed by atoms with Crippen LogP contribution in [0.2, 0.25) is 0 Å². The van der Waals surface area contributed by atoms with Gasteiger partial charge in [0.25, 0.3) is 0 Å². The van der Waals surface area contributed by atoms with Crippen LogP contribution in [0, 0.1) is 11.3 Å². The standard InChI is InChI=1S/C14H20N2O3/c1-9(14(2,3)4)7-12(17)16-10-5-6-15-11(8-10)13(18)19/h5-6,8-9H,7H2,1-4H3,(H,18,19)(H,15,16,17). The third-order valence-corrected chi connectivity index (χ3v) is 3.23. The highest BCUT2D eigenvalue weighted by Crippen LogP contribution is 2.28. The number of aromatic carboxylic acids is 1. The van der Waals surface area contributed by atoms with E-state index >= 15 is 0 Å². The van der Waals surface area contributed by atoms with Crippen molar-refractivity contribution in [3.8, 4) is 0 Å². The molecule has 0 saturated heterocycles. The number of aromatic nitrogens is 1. The molecule has 0 aromatic carbocycles. The van der Waals surface area contributed by atoms with E-state index in [-0.39, 0.29) is 22.9 Å². The highest BCUT2D eigenvalue weighted by atomic mass is 16.4. The zero-order valence-electron chi connectivity index (χ0n) is 11.7. The highest BCUT2D eigenvalue weighted by Gasteiger charge is 2.22. The topological polar surface area (TPSA) is 79.3 Å². The van der Waals surface area contributed by atoms with E-state index in [2.05, 4.69) is 31.1 Å². The summed E-state index contributed by atoms with van der Waals surface area (Å²) in [4.78, 5) is 26.3. The molecule has 1 heterocycles. The lowest BCUT2D eigenvalue weighted by Crippen LogP contribution is -2.24. The van der Waals surface area contributed by atoms with Gasteiger partial charge in [0.15, 0.2) is 0 Å². The Kier molecular flexibility index (Phi) is 4.64. The Labute approximate surface area is 113 Å². The fourth-order valence-corrected chi connectivity index (χ4v) is 1.42. The SMILES string of the molecule is CC(CC(=O)Nc1ccnc(C(=O)O)c1)C(C)(C)C. The lowest BCUT2D eigenvalue weighted by Gasteiger charge is -2.26. The first-order valence-electron chi connectivity index (χ1n) is 6.19. The van der Waals surface area contributed by atoms with Crippen molar-refractivity contribution >= 4 is 17.6 Å². The van der Waals surface area contributed by atoms with E-state index in [1.807, 2.05) is 6.92 Å². The first kappa shape index (κ1) is 15.1. The summed E-state index contributed by atoms with van der Waals surface area (Å²) in [6, 6.07) is 2.92. The lowest BCUT2D eigenvalue weighted by atomic mass is 9.80. The molecule has 1 unspecified atom stereocenters. The van der Waals surface area contributed by atoms with Crippen LogP contribution < -0.4 is 5.32 Å². The zero-order valence-corrected chi connectivity index (χ0v) is 11.7. The number of carbonyl (C=O) groups excluding carboxylic acids is 1. The van der Waals surface area contributed by atoms with Crippen molar-refractivity contribution in [3.63, 3.8) is 0 Å². The van der Waals surface area contributed by atoms with E-state index in [9.17, 15) is 9.59 Å². The van der Waals surface area contributed by atoms with Crippen LogP contribution in [0.3, 0.4) is 0 Å². The van der Waals surface area contributed by atoms with Gasteiger partial charge in [-0.1, -0.05) is 27.7 Å². The van der Waals surface area contributed by atoms with E-state index in [1.165, 1.54) is 12.3 Å². The van der Waals surface area contributed by atoms with Crippen molar-refractivity contribution < 1.29 is 14.7 Å². The zero-order chi connectivity index (χ0) is 14.6. The first-order valence-corrected chi connectivity index (χ1v) is 6.19. The Hall–Kier alpha value is -1.91. The molecule has 104 valence electrons. The van der Waals surface area contributed by atoms with Crippen molar-refractivity contribution in [2.45, 2.75) is 34.1 Å². The molecule has 0 bridgehead atoms. The number of carbonyl (C=O) groups is 2. The van der Waals surface area contributed by atoms with Crippen LogP contribution in [0.15, 0.2) is 18.3 Å². The van der Waals surface area contributed by atoms with Gasteiger partial charge in [-0.05, 0) is 23.5 Å². The minimum Gasteiger partial charge on any atom is -0.477 e. The molecule has 0 aliphatic rings. The first-order chi connectivity index (χ1) is 8.70. The van der Waals surface area contributed by atoms with E-state index in [4.69, 9.17) is 5.11 Å². The quantitative estimate of drug-likeness (QED) is 0.876. The largest absolute Gasteiger partial charge is 0.477 e. The maximum absolute atomic E-state index is 11.9. The summed E-state index contributed by atoms with van der Waals surface area (Å²) >= 11 is 0. The van der Waals surface area contributed by atoms with Crippen LogP contribution in [0.5, 0.6) is 0 Å². The third-order valence-electron chi connectivity index (χ3n) is 3.23. The van der Waals surface area contributed by atoms with Crippen LogP contribution in [0.1, 0.15) is 44.6 Å². The molecule has 0 spiro atoms. The van der Waals surface area contributed by atoms with Gasteiger partial charge in [0.2, 0.25) is 5.91 Å². The Morgan fingerprint density at radius 1 is 1.42 bits per heavy atom. The van der Waals surface area contributed by atoms with Crippen molar-refractivity contribution in [2.75, 3.05) is 5.32 Å². The monoisotopic (exact) mass is 264 g/mol. The van der Waals surface area contributed by atoms with E-state index in [1.54, 1.807) is 6.07 Å². The third kappa shape index (κ3) is 4.69. The second-order valence-corrected chi connectivity index (χ2v) is 5.75. The molecule has 0 fully saturated rings. The van der Waals surface area contributed by atoms with E-state index < -0.39 is 5.97 Å². The summed E-state index contributed by atoms with van der Waals surface area (Å²) in [7, 11) is 0. The van der Waals surface area contributed by atoms with Crippen LogP contribution >= 0.6 is 0 Å². The van der Waals surface area contributed by atoms with Gasteiger partial charge in [-0.15, -0.1) is 0 Å². The Morgan fingerprint density at radius 2 is 2.05 bits per heavy atom. The van der Waals surface area contributed by atoms with Crippen LogP contribution in [-0.2, 0) is 4.79 Å². The van der Waals surface area contributed by atoms with Crippen molar-refractivity contribution in [1.82, 2.24) is 4.98 Å². The van der Waals surface area contributed by atoms with Crippen LogP contribution in [0.4, 0.5) is 5.69 Å². The molecule has 1 aromatic rings. The maximum Gasteiger partial charge on any atom is 0.354 e. The summed E-state index contributed by atoms with van der Waals surface area (Å²) < 4.78 is 0. The lowest BCUT2D eigenvalue weighted by molar-refractivity contribution is -0.117. The summed E-state index contributed by atoms with van der Waals surface area (Å²) in [5.41, 5.74) is 0.433. The van der Waals surface area contributed by atoms with Crippen molar-refractivity contribution in [3.05, 3.63) is 24.0 Å². The molecule has 1 atom stereocenters. The molecule has 1 aromatic heterocycles. The number of carboxylic acid groups (broad SMARTS) is 1. The molecular formula is C14H20N2O3. The average Bonchev–Trinajstić information content (AvgIpc) is 2.27. The Bertz CT molecular complexity index is 478. The molecule has 0 radical (unpaired) electrons. The fraction of sp³-hybridized carbons (Fsp3) is 0.500.